The number of carbonyl (C=O) groups excluding carboxylic acids is 3. The summed E-state index contributed by atoms with van der Waals surface area (Å²) in [6.07, 6.45) is -2.66. The fourth-order valence-corrected chi connectivity index (χ4v) is 2.30. The molecule has 0 amide bonds. The highest BCUT2D eigenvalue weighted by Gasteiger charge is 2.49. The minimum Gasteiger partial charge on any atom is -0.456 e. The minimum absolute atomic E-state index is 0.558. The molecule has 0 radical (unpaired) electrons. The van der Waals surface area contributed by atoms with Crippen LogP contribution in [-0.4, -0.2) is 48.4 Å². The molecule has 0 unspecified atom stereocenters. The molecule has 0 saturated carbocycles. The van der Waals surface area contributed by atoms with Gasteiger partial charge in [0, 0.05) is 20.8 Å². The molecule has 1 aliphatic rings. The summed E-state index contributed by atoms with van der Waals surface area (Å²) in [6, 6.07) is 0. The van der Waals surface area contributed by atoms with E-state index in [-0.39, 0.29) is 0 Å². The van der Waals surface area contributed by atoms with Crippen LogP contribution < -0.4 is 0 Å². The van der Waals surface area contributed by atoms with Crippen molar-refractivity contribution in [1.82, 2.24) is 0 Å². The molecule has 1 rings (SSSR count). The predicted octanol–water partition coefficient (Wildman–Crippen LogP) is 0.910. The molecule has 1 saturated heterocycles. The third kappa shape index (κ3) is 4.72. The first-order chi connectivity index (χ1) is 10.3. The van der Waals surface area contributed by atoms with Crippen molar-refractivity contribution in [3.63, 3.8) is 0 Å². The van der Waals surface area contributed by atoms with E-state index in [1.165, 1.54) is 26.8 Å². The van der Waals surface area contributed by atoms with E-state index in [1.807, 2.05) is 0 Å². The van der Waals surface area contributed by atoms with E-state index in [0.717, 1.165) is 0 Å². The van der Waals surface area contributed by atoms with Crippen LogP contribution in [0.2, 0.25) is 0 Å². The zero-order chi connectivity index (χ0) is 16.9. The van der Waals surface area contributed by atoms with Gasteiger partial charge in [-0.3, -0.25) is 14.4 Å². The molecule has 0 N–H and O–H groups in total. The molecule has 1 heterocycles. The summed E-state index contributed by atoms with van der Waals surface area (Å²) < 4.78 is 21.3. The van der Waals surface area contributed by atoms with Gasteiger partial charge in [0.2, 0.25) is 0 Å². The third-order valence-electron chi connectivity index (χ3n) is 2.99. The Labute approximate surface area is 128 Å². The van der Waals surface area contributed by atoms with Crippen molar-refractivity contribution in [3.8, 4) is 0 Å². The fourth-order valence-electron chi connectivity index (χ4n) is 2.30. The molecule has 0 aromatic heterocycles. The molecule has 5 atom stereocenters. The number of ether oxygens (including phenoxy) is 4. The Bertz CT molecular complexity index is 492. The number of hydrogen-bond donors (Lipinski definition) is 0. The zero-order valence-corrected chi connectivity index (χ0v) is 13.0. The smallest absolute Gasteiger partial charge is 0.303 e. The van der Waals surface area contributed by atoms with Crippen LogP contribution in [0, 0.1) is 0 Å². The molecule has 0 bridgehead atoms. The van der Waals surface area contributed by atoms with Gasteiger partial charge in [-0.25, -0.2) is 0 Å². The zero-order valence-electron chi connectivity index (χ0n) is 13.0. The second-order valence-corrected chi connectivity index (χ2v) is 4.90. The van der Waals surface area contributed by atoms with Crippen LogP contribution >= 0.6 is 0 Å². The number of rotatable bonds is 4. The van der Waals surface area contributed by atoms with Gasteiger partial charge in [-0.1, -0.05) is 6.58 Å². The van der Waals surface area contributed by atoms with Crippen molar-refractivity contribution in [1.29, 1.82) is 0 Å². The maximum Gasteiger partial charge on any atom is 0.303 e. The van der Waals surface area contributed by atoms with Crippen molar-refractivity contribution < 1.29 is 33.3 Å². The Kier molecular flexibility index (Phi) is 6.34. The van der Waals surface area contributed by atoms with Crippen LogP contribution in [0.3, 0.4) is 0 Å². The van der Waals surface area contributed by atoms with Crippen molar-refractivity contribution in [2.75, 3.05) is 0 Å². The molecule has 1 aliphatic heterocycles. The molecule has 122 valence electrons. The molecule has 1 fully saturated rings. The SMILES string of the molecule is C=C=C[C@H]1O[C@H](C)[C@H](OC(C)=O)[C@H](OC(C)=O)[C@H]1OC(C)=O. The summed E-state index contributed by atoms with van der Waals surface area (Å²) in [4.78, 5) is 34.0. The van der Waals surface area contributed by atoms with E-state index < -0.39 is 48.4 Å². The molecule has 22 heavy (non-hydrogen) atoms. The lowest BCUT2D eigenvalue weighted by Gasteiger charge is -2.42. The van der Waals surface area contributed by atoms with Gasteiger partial charge in [0.15, 0.2) is 18.3 Å². The van der Waals surface area contributed by atoms with Crippen molar-refractivity contribution in [3.05, 3.63) is 18.4 Å². The highest BCUT2D eigenvalue weighted by molar-refractivity contribution is 5.68. The van der Waals surface area contributed by atoms with Crippen LogP contribution in [0.25, 0.3) is 0 Å². The van der Waals surface area contributed by atoms with E-state index >= 15 is 0 Å². The first-order valence-corrected chi connectivity index (χ1v) is 6.79. The van der Waals surface area contributed by atoms with Gasteiger partial charge >= 0.3 is 17.9 Å². The van der Waals surface area contributed by atoms with E-state index in [4.69, 9.17) is 18.9 Å². The van der Waals surface area contributed by atoms with E-state index in [9.17, 15) is 14.4 Å². The highest BCUT2D eigenvalue weighted by Crippen LogP contribution is 2.29. The molecule has 0 aromatic carbocycles. The van der Waals surface area contributed by atoms with E-state index in [0.29, 0.717) is 0 Å². The largest absolute Gasteiger partial charge is 0.456 e. The summed E-state index contributed by atoms with van der Waals surface area (Å²) in [7, 11) is 0. The van der Waals surface area contributed by atoms with Crippen molar-refractivity contribution in [2.45, 2.75) is 58.2 Å². The normalized spacial score (nSPS) is 30.6. The van der Waals surface area contributed by atoms with Crippen LogP contribution in [0.5, 0.6) is 0 Å². The van der Waals surface area contributed by atoms with Crippen molar-refractivity contribution >= 4 is 17.9 Å². The van der Waals surface area contributed by atoms with E-state index in [1.54, 1.807) is 6.92 Å². The monoisotopic (exact) mass is 312 g/mol. The molecular weight excluding hydrogens is 292 g/mol. The van der Waals surface area contributed by atoms with Gasteiger partial charge < -0.3 is 18.9 Å². The Morgan fingerprint density at radius 1 is 0.955 bits per heavy atom. The number of esters is 3. The van der Waals surface area contributed by atoms with Crippen LogP contribution in [0.15, 0.2) is 18.4 Å². The van der Waals surface area contributed by atoms with Gasteiger partial charge in [-0.2, -0.15) is 0 Å². The predicted molar refractivity (Wildman–Crippen MR) is 74.7 cm³/mol. The average molecular weight is 312 g/mol. The summed E-state index contributed by atoms with van der Waals surface area (Å²) >= 11 is 0. The lowest BCUT2D eigenvalue weighted by molar-refractivity contribution is -0.235. The summed E-state index contributed by atoms with van der Waals surface area (Å²) in [5.41, 5.74) is 2.55. The van der Waals surface area contributed by atoms with Crippen LogP contribution in [-0.2, 0) is 33.3 Å². The first-order valence-electron chi connectivity index (χ1n) is 6.79. The van der Waals surface area contributed by atoms with Gasteiger partial charge in [0.25, 0.3) is 0 Å². The summed E-state index contributed by atoms with van der Waals surface area (Å²) in [5, 5.41) is 0. The van der Waals surface area contributed by atoms with Crippen molar-refractivity contribution in [2.24, 2.45) is 0 Å². The molecule has 7 heteroatoms. The quantitative estimate of drug-likeness (QED) is 0.433. The Morgan fingerprint density at radius 2 is 1.41 bits per heavy atom. The molecule has 7 nitrogen and oxygen atoms in total. The van der Waals surface area contributed by atoms with Gasteiger partial charge in [0.05, 0.1) is 6.10 Å². The molecular formula is C15H20O7. The Morgan fingerprint density at radius 3 is 1.86 bits per heavy atom. The number of hydrogen-bond acceptors (Lipinski definition) is 7. The van der Waals surface area contributed by atoms with Gasteiger partial charge in [0.1, 0.15) is 6.10 Å². The second kappa shape index (κ2) is 7.77. The van der Waals surface area contributed by atoms with E-state index in [2.05, 4.69) is 12.3 Å². The van der Waals surface area contributed by atoms with Gasteiger partial charge in [-0.05, 0) is 13.0 Å². The molecule has 0 aliphatic carbocycles. The van der Waals surface area contributed by atoms with Crippen LogP contribution in [0.1, 0.15) is 27.7 Å². The maximum atomic E-state index is 11.4. The standard InChI is InChI=1S/C15H20O7/c1-6-7-12-14(21-10(4)17)15(22-11(5)18)13(8(2)19-12)20-9(3)16/h7-8,12-15H,1H2,2-5H3/t8-,12-,13+,14+,15+/m1/s1. The van der Waals surface area contributed by atoms with Crippen LogP contribution in [0.4, 0.5) is 0 Å². The lowest BCUT2D eigenvalue weighted by Crippen LogP contribution is -2.60. The minimum atomic E-state index is -0.983. The summed E-state index contributed by atoms with van der Waals surface area (Å²) in [5.74, 6) is -1.73. The summed E-state index contributed by atoms with van der Waals surface area (Å²) in [6.45, 7) is 8.78. The van der Waals surface area contributed by atoms with Gasteiger partial charge in [-0.15, -0.1) is 5.73 Å². The average Bonchev–Trinajstić information content (AvgIpc) is 2.37. The lowest BCUT2D eigenvalue weighted by atomic mass is 9.94. The second-order valence-electron chi connectivity index (χ2n) is 4.90. The number of carbonyl (C=O) groups is 3. The maximum absolute atomic E-state index is 11.4. The fraction of sp³-hybridized carbons (Fsp3) is 0.600. The Balaban J connectivity index is 3.18. The first kappa shape index (κ1) is 17.9. The topological polar surface area (TPSA) is 88.1 Å². The highest BCUT2D eigenvalue weighted by atomic mass is 16.6. The molecule has 0 spiro atoms. The Hall–Kier alpha value is -2.11. The third-order valence-corrected chi connectivity index (χ3v) is 2.99. The molecule has 0 aromatic rings.